The molecule has 0 spiro atoms. The van der Waals surface area contributed by atoms with Crippen molar-refractivity contribution in [1.82, 2.24) is 10.9 Å². The maximum atomic E-state index is 12.9. The lowest BCUT2D eigenvalue weighted by Gasteiger charge is -2.11. The number of nitrogens with one attached hydrogen (secondary N) is 3. The summed E-state index contributed by atoms with van der Waals surface area (Å²) >= 11 is 5.09. The molecule has 2 aromatic rings. The quantitative estimate of drug-likeness (QED) is 0.394. The molecule has 8 heteroatoms. The fourth-order valence-corrected chi connectivity index (χ4v) is 3.06. The Morgan fingerprint density at radius 2 is 2.07 bits per heavy atom. The second kappa shape index (κ2) is 9.38. The molecule has 6 nitrogen and oxygen atoms in total. The van der Waals surface area contributed by atoms with Crippen molar-refractivity contribution in [3.05, 3.63) is 59.4 Å². The third-order valence-corrected chi connectivity index (χ3v) is 4.35. The number of anilines is 1. The molecule has 1 atom stereocenters. The van der Waals surface area contributed by atoms with Crippen molar-refractivity contribution in [2.75, 3.05) is 11.9 Å². The Labute approximate surface area is 174 Å². The van der Waals surface area contributed by atoms with E-state index in [2.05, 4.69) is 16.2 Å². The van der Waals surface area contributed by atoms with Crippen LogP contribution in [0.15, 0.2) is 42.5 Å². The minimum atomic E-state index is -0.398. The van der Waals surface area contributed by atoms with Gasteiger partial charge in [-0.1, -0.05) is 0 Å². The van der Waals surface area contributed by atoms with Gasteiger partial charge >= 0.3 is 0 Å². The van der Waals surface area contributed by atoms with Crippen molar-refractivity contribution in [3.63, 3.8) is 0 Å². The molecule has 0 aliphatic carbocycles. The topological polar surface area (TPSA) is 71.6 Å². The molecule has 3 rings (SSSR count). The van der Waals surface area contributed by atoms with Crippen LogP contribution in [0.2, 0.25) is 0 Å². The number of carbonyl (C=O) groups is 1. The Kier molecular flexibility index (Phi) is 6.66. The molecule has 152 valence electrons. The molecule has 0 aromatic heterocycles. The van der Waals surface area contributed by atoms with E-state index in [4.69, 9.17) is 21.7 Å². The van der Waals surface area contributed by atoms with Crippen LogP contribution >= 0.6 is 12.2 Å². The zero-order valence-corrected chi connectivity index (χ0v) is 16.9. The lowest BCUT2D eigenvalue weighted by atomic mass is 10.1. The van der Waals surface area contributed by atoms with Crippen LogP contribution in [0.4, 0.5) is 10.1 Å². The number of amides is 1. The van der Waals surface area contributed by atoms with Crippen LogP contribution in [-0.2, 0) is 11.2 Å². The molecule has 0 radical (unpaired) electrons. The van der Waals surface area contributed by atoms with Gasteiger partial charge in [-0.05, 0) is 68.5 Å². The number of ether oxygens (including phenoxy) is 2. The molecule has 0 unspecified atom stereocenters. The molecule has 1 aliphatic rings. The number of carbonyl (C=O) groups excluding carboxylic acids is 1. The average molecular weight is 415 g/mol. The van der Waals surface area contributed by atoms with E-state index in [0.29, 0.717) is 18.0 Å². The number of benzene rings is 2. The van der Waals surface area contributed by atoms with Gasteiger partial charge in [0.25, 0.3) is 5.91 Å². The number of thiocarbonyl (C=S) groups is 1. The van der Waals surface area contributed by atoms with E-state index >= 15 is 0 Å². The maximum Gasteiger partial charge on any atom is 0.262 e. The number of rotatable bonds is 5. The maximum absolute atomic E-state index is 12.9. The summed E-state index contributed by atoms with van der Waals surface area (Å²) in [6, 6.07) is 9.53. The Balaban J connectivity index is 1.58. The first-order valence-electron chi connectivity index (χ1n) is 9.21. The van der Waals surface area contributed by atoms with Crippen LogP contribution in [0.5, 0.6) is 11.5 Å². The van der Waals surface area contributed by atoms with E-state index in [9.17, 15) is 9.18 Å². The van der Waals surface area contributed by atoms with Gasteiger partial charge in [0, 0.05) is 29.3 Å². The van der Waals surface area contributed by atoms with Crippen LogP contribution in [0, 0.1) is 5.82 Å². The third kappa shape index (κ3) is 5.68. The Hall–Kier alpha value is -3.13. The van der Waals surface area contributed by atoms with Gasteiger partial charge < -0.3 is 14.8 Å². The lowest BCUT2D eigenvalue weighted by molar-refractivity contribution is -0.116. The highest BCUT2D eigenvalue weighted by Gasteiger charge is 2.21. The third-order valence-electron chi connectivity index (χ3n) is 4.14. The Morgan fingerprint density at radius 3 is 2.79 bits per heavy atom. The van der Waals surface area contributed by atoms with Gasteiger partial charge in [0.2, 0.25) is 0 Å². The van der Waals surface area contributed by atoms with Crippen LogP contribution in [0.1, 0.15) is 25.0 Å². The Morgan fingerprint density at radius 1 is 1.31 bits per heavy atom. The first-order valence-corrected chi connectivity index (χ1v) is 9.62. The minimum Gasteiger partial charge on any atom is -0.493 e. The summed E-state index contributed by atoms with van der Waals surface area (Å²) in [5.41, 5.74) is 7.51. The first-order chi connectivity index (χ1) is 13.9. The molecule has 2 aromatic carbocycles. The standard InChI is InChI=1S/C21H22FN3O3S/c1-3-27-18-12-15-10-13(2)28-19(15)11-14(18)4-9-20(26)24-25-21(29)23-17-7-5-16(22)6-8-17/h4-9,11-13H,3,10H2,1-2H3,(H,24,26)(H2,23,25,29)/b9-4+/t13-/m1/s1. The van der Waals surface area contributed by atoms with Crippen molar-refractivity contribution in [2.45, 2.75) is 26.4 Å². The molecule has 29 heavy (non-hydrogen) atoms. The smallest absolute Gasteiger partial charge is 0.262 e. The van der Waals surface area contributed by atoms with Crippen LogP contribution < -0.4 is 25.6 Å². The van der Waals surface area contributed by atoms with Gasteiger partial charge in [-0.3, -0.25) is 15.6 Å². The molecule has 0 bridgehead atoms. The van der Waals surface area contributed by atoms with Crippen molar-refractivity contribution in [1.29, 1.82) is 0 Å². The van der Waals surface area contributed by atoms with Crippen molar-refractivity contribution in [3.8, 4) is 11.5 Å². The zero-order chi connectivity index (χ0) is 20.8. The molecule has 1 aliphatic heterocycles. The summed E-state index contributed by atoms with van der Waals surface area (Å²) in [5.74, 6) is 0.773. The normalized spacial score (nSPS) is 14.8. The molecule has 0 saturated heterocycles. The van der Waals surface area contributed by atoms with Gasteiger partial charge in [0.05, 0.1) is 6.61 Å². The minimum absolute atomic E-state index is 0.126. The molecular weight excluding hydrogens is 393 g/mol. The fourth-order valence-electron chi connectivity index (χ4n) is 2.89. The van der Waals surface area contributed by atoms with Crippen LogP contribution in [0.3, 0.4) is 0 Å². The number of hydrogen-bond donors (Lipinski definition) is 3. The van der Waals surface area contributed by atoms with E-state index in [0.717, 1.165) is 23.3 Å². The van der Waals surface area contributed by atoms with E-state index in [1.165, 1.54) is 30.3 Å². The van der Waals surface area contributed by atoms with E-state index in [-0.39, 0.29) is 17.0 Å². The number of hydrazine groups is 1. The highest BCUT2D eigenvalue weighted by atomic mass is 32.1. The van der Waals surface area contributed by atoms with Gasteiger partial charge in [-0.25, -0.2) is 4.39 Å². The molecule has 0 saturated carbocycles. The Bertz CT molecular complexity index is 932. The van der Waals surface area contributed by atoms with Gasteiger partial charge in [0.15, 0.2) is 5.11 Å². The fraction of sp³-hybridized carbons (Fsp3) is 0.238. The largest absolute Gasteiger partial charge is 0.493 e. The predicted molar refractivity (Wildman–Crippen MR) is 114 cm³/mol. The van der Waals surface area contributed by atoms with Crippen molar-refractivity contribution >= 4 is 35.0 Å². The monoisotopic (exact) mass is 415 g/mol. The molecule has 0 fully saturated rings. The summed E-state index contributed by atoms with van der Waals surface area (Å²) in [4.78, 5) is 12.1. The van der Waals surface area contributed by atoms with E-state index < -0.39 is 5.91 Å². The first kappa shape index (κ1) is 20.6. The number of hydrogen-bond acceptors (Lipinski definition) is 4. The number of fused-ring (bicyclic) bond motifs is 1. The second-order valence-corrected chi connectivity index (χ2v) is 6.88. The summed E-state index contributed by atoms with van der Waals surface area (Å²) in [5, 5.41) is 3.01. The summed E-state index contributed by atoms with van der Waals surface area (Å²) in [6.07, 6.45) is 3.99. The summed E-state index contributed by atoms with van der Waals surface area (Å²) in [6.45, 7) is 4.44. The highest BCUT2D eigenvalue weighted by molar-refractivity contribution is 7.80. The van der Waals surface area contributed by atoms with Gasteiger partial charge in [-0.15, -0.1) is 0 Å². The number of halogens is 1. The van der Waals surface area contributed by atoms with Crippen molar-refractivity contribution in [2.24, 2.45) is 0 Å². The van der Waals surface area contributed by atoms with Gasteiger partial charge in [0.1, 0.15) is 23.4 Å². The lowest BCUT2D eigenvalue weighted by Crippen LogP contribution is -2.43. The second-order valence-electron chi connectivity index (χ2n) is 6.47. The molecule has 1 amide bonds. The summed E-state index contributed by atoms with van der Waals surface area (Å²) < 4.78 is 24.4. The van der Waals surface area contributed by atoms with E-state index in [1.54, 1.807) is 6.08 Å². The molecule has 1 heterocycles. The van der Waals surface area contributed by atoms with Gasteiger partial charge in [-0.2, -0.15) is 0 Å². The zero-order valence-electron chi connectivity index (χ0n) is 16.1. The van der Waals surface area contributed by atoms with Crippen LogP contribution in [0.25, 0.3) is 6.08 Å². The molecular formula is C21H22FN3O3S. The average Bonchev–Trinajstić information content (AvgIpc) is 3.05. The SMILES string of the molecule is CCOc1cc2c(cc1/C=C/C(=O)NNC(=S)Nc1ccc(F)cc1)O[C@H](C)C2. The van der Waals surface area contributed by atoms with Crippen molar-refractivity contribution < 1.29 is 18.7 Å². The summed E-state index contributed by atoms with van der Waals surface area (Å²) in [7, 11) is 0. The van der Waals surface area contributed by atoms with E-state index in [1.807, 2.05) is 26.0 Å². The van der Waals surface area contributed by atoms with Crippen LogP contribution in [-0.4, -0.2) is 23.7 Å². The predicted octanol–water partition coefficient (Wildman–Crippen LogP) is 3.58. The molecule has 3 N–H and O–H groups in total. The highest BCUT2D eigenvalue weighted by Crippen LogP contribution is 2.35.